The Balaban J connectivity index is 2.28. The van der Waals surface area contributed by atoms with Crippen molar-refractivity contribution < 1.29 is 14.7 Å². The Hall–Kier alpha value is -2.21. The van der Waals surface area contributed by atoms with Crippen LogP contribution in [0.25, 0.3) is 10.6 Å². The van der Waals surface area contributed by atoms with E-state index in [-0.39, 0.29) is 18.4 Å². The van der Waals surface area contributed by atoms with E-state index >= 15 is 0 Å². The van der Waals surface area contributed by atoms with E-state index in [1.165, 1.54) is 16.2 Å². The Morgan fingerprint density at radius 1 is 1.35 bits per heavy atom. The number of carbonyl (C=O) groups is 2. The van der Waals surface area contributed by atoms with Crippen molar-refractivity contribution in [2.75, 3.05) is 13.1 Å². The number of carbonyl (C=O) groups excluding carboxylic acids is 1. The van der Waals surface area contributed by atoms with Gasteiger partial charge in [-0.15, -0.1) is 11.3 Å². The van der Waals surface area contributed by atoms with Crippen LogP contribution in [-0.4, -0.2) is 40.0 Å². The van der Waals surface area contributed by atoms with Crippen LogP contribution in [0.4, 0.5) is 0 Å². The number of amides is 1. The zero-order valence-electron chi connectivity index (χ0n) is 13.4. The zero-order valence-corrected chi connectivity index (χ0v) is 14.3. The quantitative estimate of drug-likeness (QED) is 0.881. The van der Waals surface area contributed by atoms with Crippen LogP contribution in [0, 0.1) is 12.8 Å². The lowest BCUT2D eigenvalue weighted by Crippen LogP contribution is -2.38. The molecule has 0 radical (unpaired) electrons. The molecule has 0 saturated carbocycles. The van der Waals surface area contributed by atoms with E-state index in [2.05, 4.69) is 4.98 Å². The summed E-state index contributed by atoms with van der Waals surface area (Å²) in [6, 6.07) is 7.18. The number of thiazole rings is 1. The molecule has 2 rings (SSSR count). The molecule has 0 unspecified atom stereocenters. The minimum atomic E-state index is -1.01. The van der Waals surface area contributed by atoms with Crippen molar-refractivity contribution in [2.45, 2.75) is 20.8 Å². The van der Waals surface area contributed by atoms with Crippen LogP contribution < -0.4 is 0 Å². The van der Waals surface area contributed by atoms with Gasteiger partial charge >= 0.3 is 5.97 Å². The predicted molar refractivity (Wildman–Crippen MR) is 90.7 cm³/mol. The molecule has 1 aromatic heterocycles. The molecule has 1 amide bonds. The van der Waals surface area contributed by atoms with Gasteiger partial charge < -0.3 is 10.0 Å². The fraction of sp³-hybridized carbons (Fsp3) is 0.353. The topological polar surface area (TPSA) is 70.5 Å². The summed E-state index contributed by atoms with van der Waals surface area (Å²) in [7, 11) is 0. The summed E-state index contributed by atoms with van der Waals surface area (Å²) in [5, 5.41) is 11.8. The summed E-state index contributed by atoms with van der Waals surface area (Å²) in [6.07, 6.45) is 0. The molecule has 1 N–H and O–H groups in total. The standard InChI is InChI=1S/C17H20N2O3S/c1-11(2)8-19(9-15(20)21)17(22)14-6-4-5-13(7-14)16-18-12(3)10-23-16/h4-7,10-11H,8-9H2,1-3H3,(H,20,21). The smallest absolute Gasteiger partial charge is 0.323 e. The molecule has 6 heteroatoms. The van der Waals surface area contributed by atoms with E-state index in [4.69, 9.17) is 5.11 Å². The van der Waals surface area contributed by atoms with Gasteiger partial charge in [0.05, 0.1) is 0 Å². The summed E-state index contributed by atoms with van der Waals surface area (Å²) in [4.78, 5) is 29.5. The van der Waals surface area contributed by atoms with Gasteiger partial charge in [0.1, 0.15) is 11.6 Å². The Kier molecular flexibility index (Phi) is 5.50. The van der Waals surface area contributed by atoms with E-state index in [1.54, 1.807) is 18.2 Å². The third kappa shape index (κ3) is 4.63. The maximum absolute atomic E-state index is 12.7. The fourth-order valence-electron chi connectivity index (χ4n) is 2.28. The molecule has 122 valence electrons. The first-order valence-corrected chi connectivity index (χ1v) is 8.28. The van der Waals surface area contributed by atoms with E-state index in [9.17, 15) is 9.59 Å². The van der Waals surface area contributed by atoms with Crippen molar-refractivity contribution >= 4 is 23.2 Å². The van der Waals surface area contributed by atoms with Gasteiger partial charge in [-0.25, -0.2) is 4.98 Å². The first-order chi connectivity index (χ1) is 10.9. The average molecular weight is 332 g/mol. The number of hydrogen-bond donors (Lipinski definition) is 1. The van der Waals surface area contributed by atoms with Crippen LogP contribution >= 0.6 is 11.3 Å². The van der Waals surface area contributed by atoms with Gasteiger partial charge in [0, 0.05) is 28.7 Å². The summed E-state index contributed by atoms with van der Waals surface area (Å²) < 4.78 is 0. The van der Waals surface area contributed by atoms with Crippen molar-refractivity contribution in [3.8, 4) is 10.6 Å². The number of hydrogen-bond acceptors (Lipinski definition) is 4. The Labute approximate surface area is 139 Å². The second-order valence-electron chi connectivity index (χ2n) is 5.85. The molecule has 0 spiro atoms. The number of carboxylic acid groups (broad SMARTS) is 1. The Morgan fingerprint density at radius 3 is 2.65 bits per heavy atom. The first-order valence-electron chi connectivity index (χ1n) is 7.40. The van der Waals surface area contributed by atoms with E-state index in [0.29, 0.717) is 12.1 Å². The minimum absolute atomic E-state index is 0.197. The average Bonchev–Trinajstić information content (AvgIpc) is 2.91. The number of carboxylic acids is 1. The minimum Gasteiger partial charge on any atom is -0.480 e. The van der Waals surface area contributed by atoms with Gasteiger partial charge in [-0.2, -0.15) is 0 Å². The van der Waals surface area contributed by atoms with Gasteiger partial charge in [0.2, 0.25) is 0 Å². The van der Waals surface area contributed by atoms with Gasteiger partial charge in [-0.1, -0.05) is 26.0 Å². The highest BCUT2D eigenvalue weighted by atomic mass is 32.1. The van der Waals surface area contributed by atoms with Crippen LogP contribution in [0.3, 0.4) is 0 Å². The maximum atomic E-state index is 12.7. The van der Waals surface area contributed by atoms with Crippen LogP contribution in [0.5, 0.6) is 0 Å². The molecule has 0 bridgehead atoms. The highest BCUT2D eigenvalue weighted by molar-refractivity contribution is 7.13. The number of aryl methyl sites for hydroxylation is 1. The van der Waals surface area contributed by atoms with Crippen molar-refractivity contribution in [1.29, 1.82) is 0 Å². The molecule has 0 atom stereocenters. The normalized spacial score (nSPS) is 10.8. The molecule has 23 heavy (non-hydrogen) atoms. The fourth-order valence-corrected chi connectivity index (χ4v) is 3.07. The summed E-state index contributed by atoms with van der Waals surface area (Å²) in [5.74, 6) is -1.08. The summed E-state index contributed by atoms with van der Waals surface area (Å²) in [5.41, 5.74) is 2.29. The van der Waals surface area contributed by atoms with Gasteiger partial charge in [-0.3, -0.25) is 9.59 Å². The lowest BCUT2D eigenvalue weighted by Gasteiger charge is -2.23. The van der Waals surface area contributed by atoms with Crippen LogP contribution in [0.15, 0.2) is 29.6 Å². The monoisotopic (exact) mass is 332 g/mol. The van der Waals surface area contributed by atoms with Gasteiger partial charge in [-0.05, 0) is 25.0 Å². The highest BCUT2D eigenvalue weighted by Crippen LogP contribution is 2.24. The van der Waals surface area contributed by atoms with Crippen LogP contribution in [0.1, 0.15) is 29.9 Å². The number of rotatable bonds is 6. The lowest BCUT2D eigenvalue weighted by molar-refractivity contribution is -0.137. The summed E-state index contributed by atoms with van der Waals surface area (Å²) >= 11 is 1.52. The second-order valence-corrected chi connectivity index (χ2v) is 6.71. The molecular weight excluding hydrogens is 312 g/mol. The van der Waals surface area contributed by atoms with E-state index in [1.807, 2.05) is 32.2 Å². The number of benzene rings is 1. The van der Waals surface area contributed by atoms with Crippen molar-refractivity contribution in [1.82, 2.24) is 9.88 Å². The predicted octanol–water partition coefficient (Wildman–Crippen LogP) is 3.30. The summed E-state index contributed by atoms with van der Waals surface area (Å²) in [6.45, 7) is 5.95. The third-order valence-electron chi connectivity index (χ3n) is 3.17. The molecule has 0 aliphatic rings. The zero-order chi connectivity index (χ0) is 17.0. The molecule has 2 aromatic rings. The lowest BCUT2D eigenvalue weighted by atomic mass is 10.1. The molecule has 5 nitrogen and oxygen atoms in total. The Bertz CT molecular complexity index is 709. The molecule has 1 heterocycles. The van der Waals surface area contributed by atoms with Crippen LogP contribution in [0.2, 0.25) is 0 Å². The second kappa shape index (κ2) is 7.37. The van der Waals surface area contributed by atoms with Crippen molar-refractivity contribution in [3.63, 3.8) is 0 Å². The van der Waals surface area contributed by atoms with Crippen LogP contribution in [-0.2, 0) is 4.79 Å². The molecular formula is C17H20N2O3S. The number of nitrogens with zero attached hydrogens (tertiary/aromatic N) is 2. The van der Waals surface area contributed by atoms with Gasteiger partial charge in [0.25, 0.3) is 5.91 Å². The molecule has 0 aliphatic carbocycles. The molecule has 0 aliphatic heterocycles. The largest absolute Gasteiger partial charge is 0.480 e. The third-order valence-corrected chi connectivity index (χ3v) is 4.18. The number of aromatic nitrogens is 1. The number of aliphatic carboxylic acids is 1. The maximum Gasteiger partial charge on any atom is 0.323 e. The SMILES string of the molecule is Cc1csc(-c2cccc(C(=O)N(CC(=O)O)CC(C)C)c2)n1. The highest BCUT2D eigenvalue weighted by Gasteiger charge is 2.20. The molecule has 0 fully saturated rings. The molecule has 1 aromatic carbocycles. The van der Waals surface area contributed by atoms with E-state index in [0.717, 1.165) is 16.3 Å². The van der Waals surface area contributed by atoms with Crippen molar-refractivity contribution in [2.24, 2.45) is 5.92 Å². The van der Waals surface area contributed by atoms with Gasteiger partial charge in [0.15, 0.2) is 0 Å². The first kappa shape index (κ1) is 17.1. The van der Waals surface area contributed by atoms with E-state index < -0.39 is 5.97 Å². The molecule has 0 saturated heterocycles. The van der Waals surface area contributed by atoms with Crippen molar-refractivity contribution in [3.05, 3.63) is 40.9 Å². The Morgan fingerprint density at radius 2 is 2.09 bits per heavy atom.